The first-order chi connectivity index (χ1) is 8.25. The lowest BCUT2D eigenvalue weighted by Crippen LogP contribution is -2.13. The van der Waals surface area contributed by atoms with Crippen LogP contribution in [0.4, 0.5) is 4.39 Å². The van der Waals surface area contributed by atoms with E-state index in [1.807, 2.05) is 12.1 Å². The Labute approximate surface area is 107 Å². The molecule has 2 aromatic rings. The van der Waals surface area contributed by atoms with Crippen LogP contribution in [0, 0.1) is 5.82 Å². The maximum absolute atomic E-state index is 13.0. The van der Waals surface area contributed by atoms with Crippen LogP contribution in [-0.2, 0) is 13.1 Å². The van der Waals surface area contributed by atoms with E-state index >= 15 is 0 Å². The third-order valence-electron chi connectivity index (χ3n) is 2.25. The van der Waals surface area contributed by atoms with Crippen LogP contribution in [0.5, 0.6) is 0 Å². The van der Waals surface area contributed by atoms with E-state index in [0.717, 1.165) is 11.3 Å². The van der Waals surface area contributed by atoms with Gasteiger partial charge in [0.1, 0.15) is 5.82 Å². The number of nitrogens with zero attached hydrogens (tertiary/aromatic N) is 2. The molecule has 0 aliphatic heterocycles. The van der Waals surface area contributed by atoms with Gasteiger partial charge in [0.25, 0.3) is 0 Å². The van der Waals surface area contributed by atoms with Gasteiger partial charge in [-0.2, -0.15) is 10.2 Å². The molecule has 0 bridgehead atoms. The minimum atomic E-state index is -0.248. The van der Waals surface area contributed by atoms with Gasteiger partial charge in [-0.3, -0.25) is 0 Å². The second-order valence-corrected chi connectivity index (χ2v) is 4.42. The van der Waals surface area contributed by atoms with Gasteiger partial charge in [-0.05, 0) is 45.8 Å². The number of hydrogen-bond donors (Lipinski definition) is 1. The Morgan fingerprint density at radius 3 is 2.82 bits per heavy atom. The van der Waals surface area contributed by atoms with Gasteiger partial charge < -0.3 is 5.32 Å². The molecule has 0 aliphatic rings. The molecular formula is C12H11BrFN3. The molecule has 88 valence electrons. The zero-order valence-electron chi connectivity index (χ0n) is 9.03. The van der Waals surface area contributed by atoms with Crippen molar-refractivity contribution >= 4 is 15.9 Å². The molecule has 0 fully saturated rings. The summed E-state index contributed by atoms with van der Waals surface area (Å²) in [5.74, 6) is -0.248. The van der Waals surface area contributed by atoms with Crippen LogP contribution in [0.15, 0.2) is 41.0 Å². The molecule has 1 N–H and O–H groups in total. The van der Waals surface area contributed by atoms with Gasteiger partial charge in [-0.1, -0.05) is 6.07 Å². The molecule has 0 saturated heterocycles. The first-order valence-corrected chi connectivity index (χ1v) is 5.96. The topological polar surface area (TPSA) is 37.8 Å². The molecule has 5 heteroatoms. The number of nitrogens with one attached hydrogen (secondary N) is 1. The predicted octanol–water partition coefficient (Wildman–Crippen LogP) is 2.67. The molecule has 1 heterocycles. The van der Waals surface area contributed by atoms with Crippen molar-refractivity contribution < 1.29 is 4.39 Å². The monoisotopic (exact) mass is 295 g/mol. The number of benzene rings is 1. The van der Waals surface area contributed by atoms with E-state index in [2.05, 4.69) is 31.4 Å². The van der Waals surface area contributed by atoms with Gasteiger partial charge >= 0.3 is 0 Å². The summed E-state index contributed by atoms with van der Waals surface area (Å²) in [5, 5.41) is 11.0. The standard InChI is InChI=1S/C12H11BrFN3/c13-11-6-9(3-4-12(11)14)7-15-8-10-2-1-5-16-17-10/h1-6,15H,7-8H2. The van der Waals surface area contributed by atoms with Crippen LogP contribution in [-0.4, -0.2) is 10.2 Å². The first-order valence-electron chi connectivity index (χ1n) is 5.17. The van der Waals surface area contributed by atoms with E-state index in [1.54, 1.807) is 18.3 Å². The quantitative estimate of drug-likeness (QED) is 0.942. The third-order valence-corrected chi connectivity index (χ3v) is 2.85. The van der Waals surface area contributed by atoms with Gasteiger partial charge in [0.15, 0.2) is 0 Å². The van der Waals surface area contributed by atoms with Gasteiger partial charge in [0, 0.05) is 19.3 Å². The Kier molecular flexibility index (Phi) is 4.17. The molecule has 0 spiro atoms. The molecule has 0 unspecified atom stereocenters. The predicted molar refractivity (Wildman–Crippen MR) is 66.7 cm³/mol. The SMILES string of the molecule is Fc1ccc(CNCc2cccnn2)cc1Br. The molecule has 0 saturated carbocycles. The fraction of sp³-hybridized carbons (Fsp3) is 0.167. The lowest BCUT2D eigenvalue weighted by molar-refractivity contribution is 0.617. The highest BCUT2D eigenvalue weighted by atomic mass is 79.9. The summed E-state index contributed by atoms with van der Waals surface area (Å²) in [6.45, 7) is 1.30. The van der Waals surface area contributed by atoms with Crippen LogP contribution >= 0.6 is 15.9 Å². The smallest absolute Gasteiger partial charge is 0.137 e. The van der Waals surface area contributed by atoms with Crippen LogP contribution in [0.25, 0.3) is 0 Å². The lowest BCUT2D eigenvalue weighted by atomic mass is 10.2. The Hall–Kier alpha value is -1.33. The molecule has 1 aromatic heterocycles. The minimum absolute atomic E-state index is 0.248. The van der Waals surface area contributed by atoms with Gasteiger partial charge in [0.2, 0.25) is 0 Å². The van der Waals surface area contributed by atoms with Crippen molar-refractivity contribution in [1.29, 1.82) is 0 Å². The summed E-state index contributed by atoms with van der Waals surface area (Å²) >= 11 is 3.16. The third kappa shape index (κ3) is 3.57. The second-order valence-electron chi connectivity index (χ2n) is 3.57. The second kappa shape index (κ2) is 5.84. The average Bonchev–Trinajstić information content (AvgIpc) is 2.35. The summed E-state index contributed by atoms with van der Waals surface area (Å²) in [7, 11) is 0. The highest BCUT2D eigenvalue weighted by molar-refractivity contribution is 9.10. The van der Waals surface area contributed by atoms with Crippen molar-refractivity contribution in [1.82, 2.24) is 15.5 Å². The Balaban J connectivity index is 1.88. The molecule has 2 rings (SSSR count). The largest absolute Gasteiger partial charge is 0.307 e. The molecule has 17 heavy (non-hydrogen) atoms. The minimum Gasteiger partial charge on any atom is -0.307 e. The fourth-order valence-corrected chi connectivity index (χ4v) is 1.84. The molecule has 0 aliphatic carbocycles. The lowest BCUT2D eigenvalue weighted by Gasteiger charge is -2.05. The molecule has 0 amide bonds. The summed E-state index contributed by atoms with van der Waals surface area (Å²) in [5.41, 5.74) is 1.90. The summed E-state index contributed by atoms with van der Waals surface area (Å²) < 4.78 is 13.5. The van der Waals surface area contributed by atoms with Crippen molar-refractivity contribution in [2.45, 2.75) is 13.1 Å². The maximum atomic E-state index is 13.0. The highest BCUT2D eigenvalue weighted by Crippen LogP contribution is 2.16. The van der Waals surface area contributed by atoms with E-state index < -0.39 is 0 Å². The normalized spacial score (nSPS) is 10.5. The van der Waals surface area contributed by atoms with Crippen molar-refractivity contribution in [2.75, 3.05) is 0 Å². The Morgan fingerprint density at radius 1 is 1.24 bits per heavy atom. The molecule has 0 radical (unpaired) electrons. The molecule has 3 nitrogen and oxygen atoms in total. The zero-order chi connectivity index (χ0) is 12.1. The van der Waals surface area contributed by atoms with Gasteiger partial charge in [-0.25, -0.2) is 4.39 Å². The van der Waals surface area contributed by atoms with Crippen molar-refractivity contribution in [3.63, 3.8) is 0 Å². The Morgan fingerprint density at radius 2 is 2.12 bits per heavy atom. The van der Waals surface area contributed by atoms with Crippen LogP contribution in [0.2, 0.25) is 0 Å². The van der Waals surface area contributed by atoms with E-state index in [9.17, 15) is 4.39 Å². The molecule has 1 aromatic carbocycles. The first kappa shape index (κ1) is 12.1. The van der Waals surface area contributed by atoms with Crippen molar-refractivity contribution in [3.05, 3.63) is 58.1 Å². The number of aromatic nitrogens is 2. The Bertz CT molecular complexity index is 490. The van der Waals surface area contributed by atoms with E-state index in [1.165, 1.54) is 6.07 Å². The van der Waals surface area contributed by atoms with Crippen molar-refractivity contribution in [2.24, 2.45) is 0 Å². The van der Waals surface area contributed by atoms with Gasteiger partial charge in [0.05, 0.1) is 10.2 Å². The number of halogens is 2. The molecule has 0 atom stereocenters. The number of hydrogen-bond acceptors (Lipinski definition) is 3. The van der Waals surface area contributed by atoms with Crippen LogP contribution < -0.4 is 5.32 Å². The van der Waals surface area contributed by atoms with Crippen LogP contribution in [0.1, 0.15) is 11.3 Å². The van der Waals surface area contributed by atoms with E-state index in [-0.39, 0.29) is 5.82 Å². The van der Waals surface area contributed by atoms with E-state index in [0.29, 0.717) is 17.6 Å². The van der Waals surface area contributed by atoms with Gasteiger partial charge in [-0.15, -0.1) is 0 Å². The van der Waals surface area contributed by atoms with Crippen LogP contribution in [0.3, 0.4) is 0 Å². The summed E-state index contributed by atoms with van der Waals surface area (Å²) in [6, 6.07) is 8.71. The van der Waals surface area contributed by atoms with Crippen molar-refractivity contribution in [3.8, 4) is 0 Å². The molecular weight excluding hydrogens is 285 g/mol. The highest BCUT2D eigenvalue weighted by Gasteiger charge is 2.00. The average molecular weight is 296 g/mol. The fourth-order valence-electron chi connectivity index (χ4n) is 1.41. The number of rotatable bonds is 4. The summed E-state index contributed by atoms with van der Waals surface area (Å²) in [6.07, 6.45) is 1.64. The maximum Gasteiger partial charge on any atom is 0.137 e. The zero-order valence-corrected chi connectivity index (χ0v) is 10.6. The van der Waals surface area contributed by atoms with E-state index in [4.69, 9.17) is 0 Å². The summed E-state index contributed by atoms with van der Waals surface area (Å²) in [4.78, 5) is 0.